The summed E-state index contributed by atoms with van der Waals surface area (Å²) in [5.41, 5.74) is 0. The molecular formula is In2Mo2O9-12. The molecule has 0 rings (SSSR count). The van der Waals surface area contributed by atoms with Gasteiger partial charge in [-0.2, -0.15) is 0 Å². The van der Waals surface area contributed by atoms with Gasteiger partial charge in [-0.3, -0.25) is 0 Å². The molecule has 0 aliphatic carbocycles. The second kappa shape index (κ2) is 367. The largest absolute Gasteiger partial charge is 3.00 e. The van der Waals surface area contributed by atoms with Crippen LogP contribution in [0.15, 0.2) is 0 Å². The van der Waals surface area contributed by atoms with Crippen LogP contribution in [0.3, 0.4) is 0 Å². The Morgan fingerprint density at radius 3 is 0.231 bits per heavy atom. The van der Waals surface area contributed by atoms with E-state index in [0.717, 1.165) is 0 Å². The van der Waals surface area contributed by atoms with Crippen molar-refractivity contribution in [1.29, 1.82) is 0 Å². The van der Waals surface area contributed by atoms with Gasteiger partial charge in [0, 0.05) is 42.1 Å². The van der Waals surface area contributed by atoms with E-state index < -0.39 is 0 Å². The monoisotopic (exact) mass is 570 g/mol. The van der Waals surface area contributed by atoms with E-state index >= 15 is 0 Å². The summed E-state index contributed by atoms with van der Waals surface area (Å²) in [6, 6.07) is 0. The minimum absolute atomic E-state index is 0. The molecule has 13 heteroatoms. The Hall–Kier alpha value is 2.76. The van der Waals surface area contributed by atoms with E-state index in [9.17, 15) is 0 Å². The number of hydrogen-bond acceptors (Lipinski definition) is 0. The average Bonchev–Trinajstić information content (AvgIpc) is 0. The van der Waals surface area contributed by atoms with E-state index in [1.807, 2.05) is 0 Å². The predicted molar refractivity (Wildman–Crippen MR) is 17.7 cm³/mol. The van der Waals surface area contributed by atoms with Crippen LogP contribution in [0.1, 0.15) is 0 Å². The van der Waals surface area contributed by atoms with Crippen molar-refractivity contribution in [3.05, 3.63) is 0 Å². The molecule has 9 nitrogen and oxygen atoms in total. The van der Waals surface area contributed by atoms with Crippen molar-refractivity contribution in [3.63, 3.8) is 0 Å². The molecule has 0 radical (unpaired) electrons. The first-order chi connectivity index (χ1) is 0. The molecule has 0 aromatic carbocycles. The molecular weight excluding hydrogens is 566 g/mol. The smallest absolute Gasteiger partial charge is 2.00 e. The van der Waals surface area contributed by atoms with Crippen LogP contribution in [0.4, 0.5) is 0 Å². The zero-order valence-corrected chi connectivity index (χ0v) is 16.3. The second-order valence-electron chi connectivity index (χ2n) is 0. The van der Waals surface area contributed by atoms with Gasteiger partial charge in [0.1, 0.15) is 0 Å². The van der Waals surface area contributed by atoms with Gasteiger partial charge in [-0.25, -0.2) is 0 Å². The van der Waals surface area contributed by atoms with Crippen LogP contribution in [0.2, 0.25) is 0 Å². The van der Waals surface area contributed by atoms with Crippen molar-refractivity contribution in [2.24, 2.45) is 0 Å². The molecule has 0 N–H and O–H groups in total. The minimum Gasteiger partial charge on any atom is -2.00 e. The molecule has 0 spiro atoms. The van der Waals surface area contributed by atoms with E-state index in [1.165, 1.54) is 0 Å². The molecule has 0 heterocycles. The second-order valence-corrected chi connectivity index (χ2v) is 0. The molecule has 0 amide bonds. The summed E-state index contributed by atoms with van der Waals surface area (Å²) in [7, 11) is 0. The van der Waals surface area contributed by atoms with Crippen molar-refractivity contribution in [2.75, 3.05) is 0 Å². The predicted octanol–water partition coefficient (Wildman–Crippen LogP) is -1.84. The third kappa shape index (κ3) is 316. The minimum atomic E-state index is 0. The quantitative estimate of drug-likeness (QED) is 0.293. The fraction of sp³-hybridized carbons (Fsp3) is 0. The van der Waals surface area contributed by atoms with E-state index in [-0.39, 0.29) is 143 Å². The van der Waals surface area contributed by atoms with Crippen LogP contribution in [0, 0.1) is 0 Å². The van der Waals surface area contributed by atoms with Gasteiger partial charge in [-0.1, -0.05) is 0 Å². The van der Waals surface area contributed by atoms with Crippen molar-refractivity contribution in [3.8, 4) is 0 Å². The third-order valence-electron chi connectivity index (χ3n) is 0. The Kier molecular flexibility index (Phi) is 12800. The van der Waals surface area contributed by atoms with E-state index in [4.69, 9.17) is 0 Å². The fourth-order valence-corrected chi connectivity index (χ4v) is 0. The van der Waals surface area contributed by atoms with Gasteiger partial charge in [0.2, 0.25) is 0 Å². The van der Waals surface area contributed by atoms with Gasteiger partial charge in [0.15, 0.2) is 0 Å². The van der Waals surface area contributed by atoms with E-state index in [0.29, 0.717) is 0 Å². The fourth-order valence-electron chi connectivity index (χ4n) is 0. The van der Waals surface area contributed by atoms with Gasteiger partial charge in [-0.15, -0.1) is 0 Å². The molecule has 0 saturated heterocycles. The topological polar surface area (TPSA) is 256 Å². The van der Waals surface area contributed by atoms with Crippen molar-refractivity contribution in [2.45, 2.75) is 0 Å². The first-order valence-electron chi connectivity index (χ1n) is 0. The molecule has 0 atom stereocenters. The van der Waals surface area contributed by atoms with Gasteiger partial charge in [0.05, 0.1) is 0 Å². The first-order valence-corrected chi connectivity index (χ1v) is 0. The Balaban J connectivity index is 0. The Morgan fingerprint density at radius 1 is 0.231 bits per heavy atom. The molecule has 0 aliphatic rings. The van der Waals surface area contributed by atoms with Crippen molar-refractivity contribution >= 4 is 51.7 Å². The summed E-state index contributed by atoms with van der Waals surface area (Å²) in [6.45, 7) is 0. The molecule has 0 aromatic rings. The van der Waals surface area contributed by atoms with Gasteiger partial charge < -0.3 is 49.3 Å². The van der Waals surface area contributed by atoms with Gasteiger partial charge in [-0.05, 0) is 0 Å². The standard InChI is InChI=1S/2In.2Mo.9O/q2*+3;;;9*-2. The van der Waals surface area contributed by atoms with E-state index in [1.54, 1.807) is 0 Å². The third-order valence-corrected chi connectivity index (χ3v) is 0. The first kappa shape index (κ1) is 451. The number of hydrogen-bond donors (Lipinski definition) is 0. The number of rotatable bonds is 0. The van der Waals surface area contributed by atoms with Crippen LogP contribution in [-0.4, -0.2) is 51.7 Å². The maximum absolute atomic E-state index is 0. The molecule has 0 fully saturated rings. The van der Waals surface area contributed by atoms with Crippen molar-refractivity contribution in [1.82, 2.24) is 0 Å². The average molecular weight is 566 g/mol. The summed E-state index contributed by atoms with van der Waals surface area (Å²) in [5, 5.41) is 0. The summed E-state index contributed by atoms with van der Waals surface area (Å²) in [4.78, 5) is 0. The normalized spacial score (nSPS) is 0. The van der Waals surface area contributed by atoms with Crippen LogP contribution in [0.5, 0.6) is 0 Å². The van der Waals surface area contributed by atoms with Gasteiger partial charge >= 0.3 is 51.7 Å². The zero-order valence-electron chi connectivity index (χ0n) is 5.65. The molecule has 0 bridgehead atoms. The van der Waals surface area contributed by atoms with Gasteiger partial charge in [0.25, 0.3) is 0 Å². The maximum atomic E-state index is 0. The molecule has 0 aliphatic heterocycles. The Morgan fingerprint density at radius 2 is 0.231 bits per heavy atom. The molecule has 0 unspecified atom stereocenters. The summed E-state index contributed by atoms with van der Waals surface area (Å²) in [5.74, 6) is 0. The SMILES string of the molecule is [In+3].[In+3].[Mo].[Mo].[O-2].[O-2].[O-2].[O-2].[O-2].[O-2].[O-2].[O-2].[O-2]. The molecule has 0 saturated carbocycles. The van der Waals surface area contributed by atoms with Crippen LogP contribution < -0.4 is 0 Å². The summed E-state index contributed by atoms with van der Waals surface area (Å²) >= 11 is 0. The Bertz CT molecular complexity index is 15.6. The molecule has 13 heavy (non-hydrogen) atoms. The van der Waals surface area contributed by atoms with Crippen LogP contribution in [-0.2, 0) is 91.4 Å². The molecule has 84 valence electrons. The zero-order chi connectivity index (χ0) is 0. The molecule has 0 aromatic heterocycles. The Labute approximate surface area is 141 Å². The van der Waals surface area contributed by atoms with Crippen molar-refractivity contribution < 1.29 is 91.4 Å². The summed E-state index contributed by atoms with van der Waals surface area (Å²) in [6.07, 6.45) is 0. The van der Waals surface area contributed by atoms with Crippen LogP contribution >= 0.6 is 0 Å². The maximum Gasteiger partial charge on any atom is 3.00 e. The summed E-state index contributed by atoms with van der Waals surface area (Å²) < 4.78 is 0. The van der Waals surface area contributed by atoms with Crippen LogP contribution in [0.25, 0.3) is 0 Å². The van der Waals surface area contributed by atoms with E-state index in [2.05, 4.69) is 0 Å².